The Morgan fingerprint density at radius 1 is 1.43 bits per heavy atom. The standard InChI is InChI=1S/C14H17N3O4/c1-2-19-14(18)6-4-11(16-17-15)10-3-5-12-13(9-10)21-8-7-20-12/h3,5,9,11H,2,4,6-8H2,1H3. The van der Waals surface area contributed by atoms with Crippen molar-refractivity contribution in [1.29, 1.82) is 0 Å². The van der Waals surface area contributed by atoms with E-state index in [-0.39, 0.29) is 12.4 Å². The first-order chi connectivity index (χ1) is 10.2. The minimum Gasteiger partial charge on any atom is -0.486 e. The summed E-state index contributed by atoms with van der Waals surface area (Å²) in [5.41, 5.74) is 9.48. The molecule has 0 spiro atoms. The van der Waals surface area contributed by atoms with Crippen LogP contribution in [0.2, 0.25) is 0 Å². The summed E-state index contributed by atoms with van der Waals surface area (Å²) in [5.74, 6) is 1.01. The smallest absolute Gasteiger partial charge is 0.305 e. The molecule has 1 aromatic rings. The zero-order chi connectivity index (χ0) is 15.1. The third-order valence-corrected chi connectivity index (χ3v) is 3.07. The van der Waals surface area contributed by atoms with E-state index >= 15 is 0 Å². The molecule has 0 fully saturated rings. The highest BCUT2D eigenvalue weighted by atomic mass is 16.6. The molecule has 7 nitrogen and oxygen atoms in total. The monoisotopic (exact) mass is 291 g/mol. The lowest BCUT2D eigenvalue weighted by atomic mass is 10.0. The molecular formula is C14H17N3O4. The maximum atomic E-state index is 11.4. The molecular weight excluding hydrogens is 274 g/mol. The van der Waals surface area contributed by atoms with Crippen molar-refractivity contribution in [2.24, 2.45) is 5.11 Å². The molecule has 2 rings (SSSR count). The van der Waals surface area contributed by atoms with Crippen LogP contribution in [0.4, 0.5) is 0 Å². The SMILES string of the molecule is CCOC(=O)CCC(N=[N+]=[N-])c1ccc2c(c1)OCCO2. The zero-order valence-electron chi connectivity index (χ0n) is 11.8. The Balaban J connectivity index is 2.10. The van der Waals surface area contributed by atoms with Gasteiger partial charge in [0.15, 0.2) is 11.5 Å². The first-order valence-corrected chi connectivity index (χ1v) is 6.84. The lowest BCUT2D eigenvalue weighted by Gasteiger charge is -2.20. The maximum Gasteiger partial charge on any atom is 0.305 e. The summed E-state index contributed by atoms with van der Waals surface area (Å²) >= 11 is 0. The maximum absolute atomic E-state index is 11.4. The quantitative estimate of drug-likeness (QED) is 0.348. The van der Waals surface area contributed by atoms with Gasteiger partial charge in [0.2, 0.25) is 0 Å². The molecule has 1 aromatic carbocycles. The van der Waals surface area contributed by atoms with E-state index < -0.39 is 6.04 Å². The fourth-order valence-corrected chi connectivity index (χ4v) is 2.11. The Morgan fingerprint density at radius 2 is 2.19 bits per heavy atom. The third-order valence-electron chi connectivity index (χ3n) is 3.07. The van der Waals surface area contributed by atoms with E-state index in [2.05, 4.69) is 10.0 Å². The molecule has 0 aromatic heterocycles. The first-order valence-electron chi connectivity index (χ1n) is 6.84. The second-order valence-corrected chi connectivity index (χ2v) is 4.47. The highest BCUT2D eigenvalue weighted by Gasteiger charge is 2.17. The van der Waals surface area contributed by atoms with Crippen LogP contribution in [0, 0.1) is 0 Å². The van der Waals surface area contributed by atoms with E-state index in [1.807, 2.05) is 6.07 Å². The summed E-state index contributed by atoms with van der Waals surface area (Å²) in [6.45, 7) is 3.11. The summed E-state index contributed by atoms with van der Waals surface area (Å²) in [6.07, 6.45) is 0.592. The third kappa shape index (κ3) is 4.03. The van der Waals surface area contributed by atoms with Crippen LogP contribution in [0.25, 0.3) is 10.4 Å². The van der Waals surface area contributed by atoms with Crippen molar-refractivity contribution in [2.45, 2.75) is 25.8 Å². The Morgan fingerprint density at radius 3 is 2.90 bits per heavy atom. The molecule has 21 heavy (non-hydrogen) atoms. The normalized spacial score (nSPS) is 14.0. The van der Waals surface area contributed by atoms with Gasteiger partial charge in [-0.3, -0.25) is 4.79 Å². The van der Waals surface area contributed by atoms with Crippen LogP contribution in [0.5, 0.6) is 11.5 Å². The van der Waals surface area contributed by atoms with Crippen LogP contribution in [-0.2, 0) is 9.53 Å². The van der Waals surface area contributed by atoms with Gasteiger partial charge in [-0.15, -0.1) is 0 Å². The van der Waals surface area contributed by atoms with E-state index in [4.69, 9.17) is 19.7 Å². The number of fused-ring (bicyclic) bond motifs is 1. The zero-order valence-corrected chi connectivity index (χ0v) is 11.8. The molecule has 0 saturated carbocycles. The minimum atomic E-state index is -0.435. The van der Waals surface area contributed by atoms with Crippen LogP contribution >= 0.6 is 0 Å². The Labute approximate surface area is 122 Å². The molecule has 1 aliphatic heterocycles. The van der Waals surface area contributed by atoms with Crippen LogP contribution in [0.1, 0.15) is 31.4 Å². The summed E-state index contributed by atoms with van der Waals surface area (Å²) < 4.78 is 15.8. The van der Waals surface area contributed by atoms with Gasteiger partial charge in [-0.1, -0.05) is 11.2 Å². The van der Waals surface area contributed by atoms with Crippen LogP contribution in [-0.4, -0.2) is 25.8 Å². The van der Waals surface area contributed by atoms with Crippen LogP contribution < -0.4 is 9.47 Å². The summed E-state index contributed by atoms with van der Waals surface area (Å²) in [6, 6.07) is 4.96. The minimum absolute atomic E-state index is 0.200. The van der Waals surface area contributed by atoms with Gasteiger partial charge in [0.1, 0.15) is 13.2 Å². The Kier molecular flexibility index (Phi) is 5.29. The van der Waals surface area contributed by atoms with Gasteiger partial charge in [0, 0.05) is 11.3 Å². The summed E-state index contributed by atoms with van der Waals surface area (Å²) in [7, 11) is 0. The van der Waals surface area contributed by atoms with E-state index in [1.165, 1.54) is 0 Å². The average molecular weight is 291 g/mol. The number of carbonyl (C=O) groups excluding carboxylic acids is 1. The fraction of sp³-hybridized carbons (Fsp3) is 0.500. The molecule has 0 bridgehead atoms. The molecule has 0 amide bonds. The number of nitrogens with zero attached hydrogens (tertiary/aromatic N) is 3. The number of hydrogen-bond donors (Lipinski definition) is 0. The highest BCUT2D eigenvalue weighted by molar-refractivity contribution is 5.69. The number of azide groups is 1. The molecule has 0 radical (unpaired) electrons. The summed E-state index contributed by atoms with van der Waals surface area (Å²) in [4.78, 5) is 14.3. The predicted octanol–water partition coefficient (Wildman–Crippen LogP) is 3.15. The molecule has 1 heterocycles. The number of hydrogen-bond acceptors (Lipinski definition) is 5. The number of carbonyl (C=O) groups is 1. The van der Waals surface area contributed by atoms with Crippen molar-refractivity contribution < 1.29 is 19.0 Å². The van der Waals surface area contributed by atoms with Gasteiger partial charge in [0.25, 0.3) is 0 Å². The largest absolute Gasteiger partial charge is 0.486 e. The van der Waals surface area contributed by atoms with Crippen LogP contribution in [0.15, 0.2) is 23.3 Å². The molecule has 1 atom stereocenters. The second-order valence-electron chi connectivity index (χ2n) is 4.47. The van der Waals surface area contributed by atoms with Gasteiger partial charge in [-0.2, -0.15) is 0 Å². The predicted molar refractivity (Wildman–Crippen MR) is 75.2 cm³/mol. The van der Waals surface area contributed by atoms with Gasteiger partial charge in [-0.05, 0) is 36.6 Å². The van der Waals surface area contributed by atoms with Crippen molar-refractivity contribution in [2.75, 3.05) is 19.8 Å². The highest BCUT2D eigenvalue weighted by Crippen LogP contribution is 2.34. The van der Waals surface area contributed by atoms with Gasteiger partial charge >= 0.3 is 5.97 Å². The molecule has 112 valence electrons. The topological polar surface area (TPSA) is 93.5 Å². The van der Waals surface area contributed by atoms with E-state index in [1.54, 1.807) is 19.1 Å². The number of esters is 1. The van der Waals surface area contributed by atoms with Gasteiger partial charge in [-0.25, -0.2) is 0 Å². The molecule has 1 aliphatic rings. The fourth-order valence-electron chi connectivity index (χ4n) is 2.11. The number of benzene rings is 1. The van der Waals surface area contributed by atoms with Gasteiger partial charge in [0.05, 0.1) is 12.6 Å². The lowest BCUT2D eigenvalue weighted by molar-refractivity contribution is -0.143. The Hall–Kier alpha value is -2.40. The Bertz CT molecular complexity index is 555. The van der Waals surface area contributed by atoms with Crippen molar-refractivity contribution in [3.63, 3.8) is 0 Å². The van der Waals surface area contributed by atoms with Crippen molar-refractivity contribution in [3.8, 4) is 11.5 Å². The molecule has 7 heteroatoms. The molecule has 0 aliphatic carbocycles. The first kappa shape index (κ1) is 15.0. The van der Waals surface area contributed by atoms with Crippen molar-refractivity contribution in [1.82, 2.24) is 0 Å². The number of ether oxygens (including phenoxy) is 3. The molecule has 1 unspecified atom stereocenters. The van der Waals surface area contributed by atoms with E-state index in [9.17, 15) is 4.79 Å². The number of rotatable bonds is 6. The van der Waals surface area contributed by atoms with E-state index in [0.29, 0.717) is 37.7 Å². The van der Waals surface area contributed by atoms with Crippen molar-refractivity contribution >= 4 is 5.97 Å². The van der Waals surface area contributed by atoms with E-state index in [0.717, 1.165) is 5.56 Å². The van der Waals surface area contributed by atoms with Crippen molar-refractivity contribution in [3.05, 3.63) is 34.2 Å². The average Bonchev–Trinajstić information content (AvgIpc) is 2.51. The molecule has 0 saturated heterocycles. The molecule has 0 N–H and O–H groups in total. The second kappa shape index (κ2) is 7.40. The van der Waals surface area contributed by atoms with Crippen LogP contribution in [0.3, 0.4) is 0 Å². The lowest BCUT2D eigenvalue weighted by Crippen LogP contribution is -2.15. The van der Waals surface area contributed by atoms with Gasteiger partial charge < -0.3 is 14.2 Å². The summed E-state index contributed by atoms with van der Waals surface area (Å²) in [5, 5.41) is 3.75.